The van der Waals surface area contributed by atoms with E-state index < -0.39 is 0 Å². The fraction of sp³-hybridized carbons (Fsp3) is 0.0373. The van der Waals surface area contributed by atoms with Gasteiger partial charge in [-0.2, -0.15) is 0 Å². The lowest BCUT2D eigenvalue weighted by Crippen LogP contribution is -2.01. The zero-order valence-electron chi connectivity index (χ0n) is 81.5. The van der Waals surface area contributed by atoms with Gasteiger partial charge in [-0.05, 0) is 247 Å². The Kier molecular flexibility index (Phi) is 25.5. The summed E-state index contributed by atoms with van der Waals surface area (Å²) in [6.07, 6.45) is 0. The third-order valence-electron chi connectivity index (χ3n) is 26.5. The van der Waals surface area contributed by atoms with E-state index in [1.807, 2.05) is 149 Å². The standard InChI is InChI=1S/C47H32N4.C44H32N4.C43H31N5/c1-31-10-9-17-44(48-31)36-22-18-35(19-23-36)42-28-41(32-11-3-2-4-12-32)29-43(30-42)47-50-45(39-24-20-33-13-5-7-15-37(33)26-39)49-46(51-47)40-25-21-34-14-6-8-16-38(34)27-40;1-29-17-24-41(30(2)45-29)34-21-18-33(19-22-34)39-26-38(31-11-5-3-6-12-31)27-40(28-39)44-47-42(35-14-7-4-8-15-35)46-43(48-44)37-23-20-32-13-9-10-16-36(32)25-37;1-28-24-29(2)45-40(44-28)34-22-20-30(21-23-34)35-25-36(39-19-11-17-31-12-9-10-18-38(31)39)27-37(26-35)43-47-41(32-13-5-3-6-14-32)46-42(48-43)33-15-7-4-8-16-33/h2-30H,1H3;3-28H,1-2H3;3-27H,1-2H3. The van der Waals surface area contributed by atoms with Crippen molar-refractivity contribution in [2.75, 3.05) is 0 Å². The van der Waals surface area contributed by atoms with Crippen LogP contribution in [-0.4, -0.2) is 64.8 Å². The van der Waals surface area contributed by atoms with E-state index in [4.69, 9.17) is 49.8 Å². The van der Waals surface area contributed by atoms with Crippen LogP contribution < -0.4 is 0 Å². The van der Waals surface area contributed by atoms with Crippen molar-refractivity contribution in [2.24, 2.45) is 0 Å². The predicted molar refractivity (Wildman–Crippen MR) is 602 cm³/mol. The van der Waals surface area contributed by atoms with E-state index in [0.717, 1.165) is 195 Å². The van der Waals surface area contributed by atoms with Crippen LogP contribution in [-0.2, 0) is 0 Å². The van der Waals surface area contributed by atoms with Crippen molar-refractivity contribution in [3.63, 3.8) is 0 Å². The Labute approximate surface area is 853 Å². The number of nitrogens with zero attached hydrogens (tertiary/aromatic N) is 13. The van der Waals surface area contributed by atoms with Gasteiger partial charge in [0.2, 0.25) is 0 Å². The van der Waals surface area contributed by atoms with Crippen molar-refractivity contribution in [3.05, 3.63) is 514 Å². The van der Waals surface area contributed by atoms with E-state index in [-0.39, 0.29) is 0 Å². The van der Waals surface area contributed by atoms with Gasteiger partial charge in [-0.15, -0.1) is 0 Å². The third-order valence-corrected chi connectivity index (χ3v) is 26.5. The average molecular weight is 1890 g/mol. The van der Waals surface area contributed by atoms with Crippen LogP contribution in [0.5, 0.6) is 0 Å². The van der Waals surface area contributed by atoms with Crippen LogP contribution in [0.2, 0.25) is 0 Å². The highest BCUT2D eigenvalue weighted by Gasteiger charge is 2.23. The smallest absolute Gasteiger partial charge is 0.164 e. The Morgan fingerprint density at radius 2 is 0.381 bits per heavy atom. The normalized spacial score (nSPS) is 11.2. The van der Waals surface area contributed by atoms with E-state index in [1.165, 1.54) is 26.9 Å². The van der Waals surface area contributed by atoms with Crippen molar-refractivity contribution in [3.8, 4) is 203 Å². The number of rotatable bonds is 18. The molecule has 0 aliphatic carbocycles. The summed E-state index contributed by atoms with van der Waals surface area (Å²) in [4.78, 5) is 64.4. The summed E-state index contributed by atoms with van der Waals surface area (Å²) in [5.41, 5.74) is 31.9. The molecule has 0 unspecified atom stereocenters. The molecule has 0 saturated heterocycles. The topological polar surface area (TPSA) is 168 Å². The minimum absolute atomic E-state index is 0.617. The molecule has 0 saturated carbocycles. The molecule has 0 amide bonds. The highest BCUT2D eigenvalue weighted by molar-refractivity contribution is 5.99. The molecule has 6 heterocycles. The Bertz CT molecular complexity index is 9010. The van der Waals surface area contributed by atoms with Crippen LogP contribution in [0.1, 0.15) is 28.5 Å². The van der Waals surface area contributed by atoms with Crippen molar-refractivity contribution < 1.29 is 0 Å². The zero-order chi connectivity index (χ0) is 99.1. The number of aryl methyl sites for hydroxylation is 5. The molecule has 13 heteroatoms. The molecule has 147 heavy (non-hydrogen) atoms. The summed E-state index contributed by atoms with van der Waals surface area (Å²) >= 11 is 0. The first-order chi connectivity index (χ1) is 72.3. The number of benzene rings is 19. The quantitative estimate of drug-likeness (QED) is 0.0797. The monoisotopic (exact) mass is 1890 g/mol. The SMILES string of the molecule is Cc1cc(C)nc(-c2ccc(-c3cc(-c4nc(-c5ccccc5)nc(-c5ccccc5)n4)cc(-c4cccc5ccccc45)c3)cc2)n1.Cc1ccc(-c2ccc(-c3cc(-c4ccccc4)cc(-c4nc(-c5ccccc5)nc(-c5ccc6ccccc6c5)n4)c3)cc2)c(C)n1.Cc1cccc(-c2ccc(-c3cc(-c4ccccc4)cc(-c4nc(-c5ccc6ccccc6c5)nc(-c5ccc6ccccc6c5)n4)c3)cc2)n1. The second-order valence-electron chi connectivity index (χ2n) is 36.8. The molecule has 19 aromatic carbocycles. The molecule has 6 aromatic heterocycles. The van der Waals surface area contributed by atoms with E-state index in [0.29, 0.717) is 52.4 Å². The van der Waals surface area contributed by atoms with Gasteiger partial charge in [-0.25, -0.2) is 54.8 Å². The Balaban J connectivity index is 0.000000122. The average Bonchev–Trinajstić information content (AvgIpc) is 0.778. The summed E-state index contributed by atoms with van der Waals surface area (Å²) in [6.45, 7) is 10.1. The Hall–Kier alpha value is -19.4. The van der Waals surface area contributed by atoms with Gasteiger partial charge >= 0.3 is 0 Å². The van der Waals surface area contributed by atoms with Crippen LogP contribution in [0.3, 0.4) is 0 Å². The highest BCUT2D eigenvalue weighted by atomic mass is 15.1. The van der Waals surface area contributed by atoms with Crippen LogP contribution >= 0.6 is 0 Å². The highest BCUT2D eigenvalue weighted by Crippen LogP contribution is 2.42. The molecule has 25 rings (SSSR count). The fourth-order valence-electron chi connectivity index (χ4n) is 19.1. The van der Waals surface area contributed by atoms with Crippen LogP contribution in [0.15, 0.2) is 485 Å². The number of hydrogen-bond acceptors (Lipinski definition) is 13. The molecular weight excluding hydrogens is 1790 g/mol. The van der Waals surface area contributed by atoms with E-state index in [9.17, 15) is 0 Å². The van der Waals surface area contributed by atoms with Crippen molar-refractivity contribution in [1.29, 1.82) is 0 Å². The first kappa shape index (κ1) is 91.4. The summed E-state index contributed by atoms with van der Waals surface area (Å²) in [6, 6.07) is 168. The summed E-state index contributed by atoms with van der Waals surface area (Å²) < 4.78 is 0. The molecule has 0 bridgehead atoms. The molecule has 0 fully saturated rings. The maximum absolute atomic E-state index is 5.17. The minimum Gasteiger partial charge on any atom is -0.258 e. The molecule has 0 spiro atoms. The van der Waals surface area contributed by atoms with Crippen molar-refractivity contribution in [1.82, 2.24) is 64.8 Å². The summed E-state index contributed by atoms with van der Waals surface area (Å²) in [5.74, 6) is 6.42. The maximum atomic E-state index is 5.17. The van der Waals surface area contributed by atoms with Gasteiger partial charge in [-0.3, -0.25) is 9.97 Å². The summed E-state index contributed by atoms with van der Waals surface area (Å²) in [7, 11) is 0. The van der Waals surface area contributed by atoms with Crippen molar-refractivity contribution >= 4 is 43.1 Å². The zero-order valence-corrected chi connectivity index (χ0v) is 81.5. The van der Waals surface area contributed by atoms with Crippen LogP contribution in [0.4, 0.5) is 0 Å². The molecule has 0 aliphatic rings. The van der Waals surface area contributed by atoms with Crippen molar-refractivity contribution in [2.45, 2.75) is 34.6 Å². The van der Waals surface area contributed by atoms with Crippen LogP contribution in [0, 0.1) is 34.6 Å². The molecule has 0 aliphatic heterocycles. The minimum atomic E-state index is 0.617. The van der Waals surface area contributed by atoms with E-state index in [1.54, 1.807) is 0 Å². The molecule has 696 valence electrons. The van der Waals surface area contributed by atoms with Gasteiger partial charge in [0.1, 0.15) is 0 Å². The number of pyridine rings is 2. The van der Waals surface area contributed by atoms with Gasteiger partial charge in [0.05, 0.1) is 5.69 Å². The number of fused-ring (bicyclic) bond motifs is 4. The molecule has 0 N–H and O–H groups in total. The molecule has 0 atom stereocenters. The van der Waals surface area contributed by atoms with Crippen LogP contribution in [0.25, 0.3) is 246 Å². The molecule has 13 nitrogen and oxygen atoms in total. The predicted octanol–water partition coefficient (Wildman–Crippen LogP) is 33.4. The van der Waals surface area contributed by atoms with Gasteiger partial charge in [0.25, 0.3) is 0 Å². The third kappa shape index (κ3) is 20.4. The maximum Gasteiger partial charge on any atom is 0.164 e. The van der Waals surface area contributed by atoms with Gasteiger partial charge in [0.15, 0.2) is 58.2 Å². The Morgan fingerprint density at radius 1 is 0.116 bits per heavy atom. The lowest BCUT2D eigenvalue weighted by molar-refractivity contribution is 1.06. The summed E-state index contributed by atoms with van der Waals surface area (Å²) in [5, 5.41) is 9.34. The Morgan fingerprint density at radius 3 is 0.769 bits per heavy atom. The second-order valence-corrected chi connectivity index (χ2v) is 36.8. The molecule has 0 radical (unpaired) electrons. The lowest BCUT2D eigenvalue weighted by atomic mass is 9.92. The largest absolute Gasteiger partial charge is 0.258 e. The second kappa shape index (κ2) is 41.1. The van der Waals surface area contributed by atoms with Gasteiger partial charge in [0, 0.05) is 95.2 Å². The van der Waals surface area contributed by atoms with Gasteiger partial charge < -0.3 is 0 Å². The van der Waals surface area contributed by atoms with E-state index >= 15 is 0 Å². The van der Waals surface area contributed by atoms with Gasteiger partial charge in [-0.1, -0.05) is 388 Å². The first-order valence-electron chi connectivity index (χ1n) is 49.3. The number of aromatic nitrogens is 13. The first-order valence-corrected chi connectivity index (χ1v) is 49.3. The van der Waals surface area contributed by atoms with E-state index in [2.05, 4.69) is 386 Å². The molecular formula is C134H95N13. The molecule has 25 aromatic rings. The fourth-order valence-corrected chi connectivity index (χ4v) is 19.1. The lowest BCUT2D eigenvalue weighted by Gasteiger charge is -2.14. The number of hydrogen-bond donors (Lipinski definition) is 0.